The van der Waals surface area contributed by atoms with Gasteiger partial charge in [-0.2, -0.15) is 0 Å². The van der Waals surface area contributed by atoms with E-state index < -0.39 is 0 Å². The molecule has 1 N–H and O–H groups in total. The minimum Gasteiger partial charge on any atom is -0.447 e. The predicted molar refractivity (Wildman–Crippen MR) is 76.0 cm³/mol. The maximum absolute atomic E-state index is 11.6. The van der Waals surface area contributed by atoms with E-state index in [9.17, 15) is 4.79 Å². The molecule has 1 aromatic rings. The lowest BCUT2D eigenvalue weighted by atomic mass is 10.2. The van der Waals surface area contributed by atoms with Crippen molar-refractivity contribution < 1.29 is 19.0 Å². The zero-order chi connectivity index (χ0) is 14.5. The Balaban J connectivity index is 2.08. The van der Waals surface area contributed by atoms with Crippen LogP contribution in [0.2, 0.25) is 0 Å². The van der Waals surface area contributed by atoms with E-state index in [4.69, 9.17) is 14.2 Å². The van der Waals surface area contributed by atoms with Gasteiger partial charge in [0.25, 0.3) is 0 Å². The Morgan fingerprint density at radius 2 is 2.10 bits per heavy atom. The van der Waals surface area contributed by atoms with E-state index in [2.05, 4.69) is 5.32 Å². The molecule has 0 bridgehead atoms. The number of amides is 1. The molecule has 1 unspecified atom stereocenters. The molecule has 0 aliphatic carbocycles. The quantitative estimate of drug-likeness (QED) is 0.808. The van der Waals surface area contributed by atoms with Crippen LogP contribution in [0.4, 0.5) is 16.2 Å². The summed E-state index contributed by atoms with van der Waals surface area (Å²) in [7, 11) is 3.20. The summed E-state index contributed by atoms with van der Waals surface area (Å²) in [5.74, 6) is 0. The van der Waals surface area contributed by atoms with Crippen molar-refractivity contribution in [2.45, 2.75) is 19.3 Å². The van der Waals surface area contributed by atoms with Crippen LogP contribution >= 0.6 is 0 Å². The van der Waals surface area contributed by atoms with Gasteiger partial charge in [0.1, 0.15) is 6.61 Å². The number of carbonyl (C=O) groups is 1. The van der Waals surface area contributed by atoms with Gasteiger partial charge in [-0.15, -0.1) is 0 Å². The van der Waals surface area contributed by atoms with Gasteiger partial charge in [0, 0.05) is 25.6 Å². The molecule has 1 atom stereocenters. The number of ether oxygens (including phenoxy) is 3. The molecular weight excluding hydrogens is 260 g/mol. The first kappa shape index (κ1) is 14.6. The van der Waals surface area contributed by atoms with E-state index in [-0.39, 0.29) is 18.4 Å². The molecule has 1 heterocycles. The summed E-state index contributed by atoms with van der Waals surface area (Å²) in [5.41, 5.74) is 1.71. The number of benzene rings is 1. The Morgan fingerprint density at radius 3 is 2.70 bits per heavy atom. The highest BCUT2D eigenvalue weighted by Gasteiger charge is 2.24. The molecule has 1 aliphatic heterocycles. The molecule has 20 heavy (non-hydrogen) atoms. The Hall–Kier alpha value is -1.79. The number of nitrogens with zero attached hydrogens (tertiary/aromatic N) is 1. The zero-order valence-corrected chi connectivity index (χ0v) is 12.0. The SMILES string of the molecule is COC(OC)C(C)Nc1cccc(N2CCOC2=O)c1. The summed E-state index contributed by atoms with van der Waals surface area (Å²) in [5, 5.41) is 3.29. The van der Waals surface area contributed by atoms with Crippen molar-refractivity contribution in [1.29, 1.82) is 0 Å². The average Bonchev–Trinajstić information content (AvgIpc) is 2.86. The predicted octanol–water partition coefficient (Wildman–Crippen LogP) is 2.06. The van der Waals surface area contributed by atoms with Crippen LogP contribution in [-0.4, -0.2) is 45.8 Å². The second-order valence-corrected chi connectivity index (χ2v) is 4.59. The Morgan fingerprint density at radius 1 is 1.35 bits per heavy atom. The van der Waals surface area contributed by atoms with E-state index in [0.29, 0.717) is 13.2 Å². The number of hydrogen-bond donors (Lipinski definition) is 1. The molecule has 0 spiro atoms. The fraction of sp³-hybridized carbons (Fsp3) is 0.500. The number of cyclic esters (lactones) is 1. The Bertz CT molecular complexity index is 462. The molecule has 1 aliphatic rings. The fourth-order valence-corrected chi connectivity index (χ4v) is 2.23. The maximum Gasteiger partial charge on any atom is 0.414 e. The second kappa shape index (κ2) is 6.58. The summed E-state index contributed by atoms with van der Waals surface area (Å²) in [6.07, 6.45) is -0.641. The second-order valence-electron chi connectivity index (χ2n) is 4.59. The minimum atomic E-state index is -0.338. The van der Waals surface area contributed by atoms with Crippen LogP contribution in [0.1, 0.15) is 6.92 Å². The van der Waals surface area contributed by atoms with Gasteiger partial charge in [-0.1, -0.05) is 6.07 Å². The normalized spacial score (nSPS) is 16.4. The molecule has 6 heteroatoms. The van der Waals surface area contributed by atoms with Gasteiger partial charge < -0.3 is 19.5 Å². The van der Waals surface area contributed by atoms with Gasteiger partial charge in [-0.25, -0.2) is 4.79 Å². The summed E-state index contributed by atoms with van der Waals surface area (Å²) in [6, 6.07) is 7.60. The van der Waals surface area contributed by atoms with Crippen LogP contribution < -0.4 is 10.2 Å². The first-order valence-corrected chi connectivity index (χ1v) is 6.52. The number of carbonyl (C=O) groups excluding carboxylic acids is 1. The third-order valence-corrected chi connectivity index (χ3v) is 3.19. The van der Waals surface area contributed by atoms with Crippen LogP contribution in [0.5, 0.6) is 0 Å². The zero-order valence-electron chi connectivity index (χ0n) is 12.0. The molecule has 0 aromatic heterocycles. The van der Waals surface area contributed by atoms with Crippen molar-refractivity contribution in [2.75, 3.05) is 37.6 Å². The summed E-state index contributed by atoms with van der Waals surface area (Å²) in [6.45, 7) is 2.98. The van der Waals surface area contributed by atoms with Gasteiger partial charge in [0.05, 0.1) is 12.6 Å². The lowest BCUT2D eigenvalue weighted by molar-refractivity contribution is -0.109. The Labute approximate surface area is 118 Å². The lowest BCUT2D eigenvalue weighted by Gasteiger charge is -2.23. The molecule has 1 saturated heterocycles. The fourth-order valence-electron chi connectivity index (χ4n) is 2.23. The largest absolute Gasteiger partial charge is 0.447 e. The van der Waals surface area contributed by atoms with Gasteiger partial charge >= 0.3 is 6.09 Å². The van der Waals surface area contributed by atoms with Crippen LogP contribution in [0.25, 0.3) is 0 Å². The maximum atomic E-state index is 11.6. The number of rotatable bonds is 6. The highest BCUT2D eigenvalue weighted by molar-refractivity contribution is 5.89. The lowest BCUT2D eigenvalue weighted by Crippen LogP contribution is -2.33. The van der Waals surface area contributed by atoms with E-state index in [1.807, 2.05) is 31.2 Å². The third-order valence-electron chi connectivity index (χ3n) is 3.19. The third kappa shape index (κ3) is 3.20. The monoisotopic (exact) mass is 280 g/mol. The molecule has 6 nitrogen and oxygen atoms in total. The number of anilines is 2. The van der Waals surface area contributed by atoms with Crippen LogP contribution in [0, 0.1) is 0 Å². The molecule has 1 aromatic carbocycles. The Kier molecular flexibility index (Phi) is 4.81. The van der Waals surface area contributed by atoms with Crippen molar-refractivity contribution in [1.82, 2.24) is 0 Å². The van der Waals surface area contributed by atoms with Crippen molar-refractivity contribution in [3.63, 3.8) is 0 Å². The van der Waals surface area contributed by atoms with E-state index in [0.717, 1.165) is 11.4 Å². The first-order valence-electron chi connectivity index (χ1n) is 6.52. The summed E-state index contributed by atoms with van der Waals surface area (Å²) >= 11 is 0. The molecule has 2 rings (SSSR count). The van der Waals surface area contributed by atoms with E-state index in [1.165, 1.54) is 0 Å². The number of methoxy groups -OCH3 is 2. The van der Waals surface area contributed by atoms with Crippen LogP contribution in [0.3, 0.4) is 0 Å². The summed E-state index contributed by atoms with van der Waals surface area (Å²) in [4.78, 5) is 13.2. The standard InChI is InChI=1S/C14H20N2O4/c1-10(13(18-2)19-3)15-11-5-4-6-12(9-11)16-7-8-20-14(16)17/h4-6,9-10,13,15H,7-8H2,1-3H3. The number of hydrogen-bond acceptors (Lipinski definition) is 5. The van der Waals surface area contributed by atoms with Crippen LogP contribution in [-0.2, 0) is 14.2 Å². The van der Waals surface area contributed by atoms with Crippen molar-refractivity contribution in [2.24, 2.45) is 0 Å². The molecule has 1 amide bonds. The topological polar surface area (TPSA) is 60.0 Å². The van der Waals surface area contributed by atoms with Crippen molar-refractivity contribution in [3.05, 3.63) is 24.3 Å². The van der Waals surface area contributed by atoms with E-state index >= 15 is 0 Å². The van der Waals surface area contributed by atoms with Gasteiger partial charge in [-0.05, 0) is 25.1 Å². The number of nitrogens with one attached hydrogen (secondary N) is 1. The van der Waals surface area contributed by atoms with Crippen molar-refractivity contribution >= 4 is 17.5 Å². The highest BCUT2D eigenvalue weighted by atomic mass is 16.7. The van der Waals surface area contributed by atoms with E-state index in [1.54, 1.807) is 19.1 Å². The molecular formula is C14H20N2O4. The molecule has 1 fully saturated rings. The van der Waals surface area contributed by atoms with Crippen LogP contribution in [0.15, 0.2) is 24.3 Å². The van der Waals surface area contributed by atoms with Crippen molar-refractivity contribution in [3.8, 4) is 0 Å². The van der Waals surface area contributed by atoms with Gasteiger partial charge in [0.15, 0.2) is 6.29 Å². The highest BCUT2D eigenvalue weighted by Crippen LogP contribution is 2.23. The molecule has 110 valence electrons. The molecule has 0 radical (unpaired) electrons. The average molecular weight is 280 g/mol. The van der Waals surface area contributed by atoms with Gasteiger partial charge in [-0.3, -0.25) is 4.90 Å². The van der Waals surface area contributed by atoms with Gasteiger partial charge in [0.2, 0.25) is 0 Å². The summed E-state index contributed by atoms with van der Waals surface area (Å²) < 4.78 is 15.4. The smallest absolute Gasteiger partial charge is 0.414 e. The first-order chi connectivity index (χ1) is 9.65. The molecule has 0 saturated carbocycles. The minimum absolute atomic E-state index is 0.0224.